The lowest BCUT2D eigenvalue weighted by atomic mass is 9.55. The number of hydrogen-bond donors (Lipinski definition) is 0. The molecule has 4 nitrogen and oxygen atoms in total. The van der Waals surface area contributed by atoms with Crippen molar-refractivity contribution in [3.63, 3.8) is 0 Å². The average Bonchev–Trinajstić information content (AvgIpc) is 2.54. The van der Waals surface area contributed by atoms with Crippen molar-refractivity contribution in [1.82, 2.24) is 0 Å². The molecule has 2 rings (SSSR count). The van der Waals surface area contributed by atoms with Crippen molar-refractivity contribution >= 4 is 0 Å². The van der Waals surface area contributed by atoms with Gasteiger partial charge in [-0.1, -0.05) is 42.5 Å². The summed E-state index contributed by atoms with van der Waals surface area (Å²) in [5.74, 6) is 0. The van der Waals surface area contributed by atoms with Crippen LogP contribution in [0, 0.1) is 39.4 Å². The molecule has 0 N–H and O–H groups in total. The smallest absolute Gasteiger partial charge is 0.195 e. The Labute approximate surface area is 118 Å². The van der Waals surface area contributed by atoms with Gasteiger partial charge in [0, 0.05) is 7.11 Å². The maximum absolute atomic E-state index is 9.76. The first-order chi connectivity index (χ1) is 9.70. The lowest BCUT2D eigenvalue weighted by Crippen LogP contribution is -2.52. The molecule has 0 amide bonds. The number of allylic oxidation sites excluding steroid dienone is 1. The predicted molar refractivity (Wildman–Crippen MR) is 71.9 cm³/mol. The molecule has 0 spiro atoms. The molecule has 0 saturated heterocycles. The Kier molecular flexibility index (Phi) is 3.57. The molecule has 1 aromatic rings. The number of nitriles is 3. The van der Waals surface area contributed by atoms with E-state index >= 15 is 0 Å². The maximum Gasteiger partial charge on any atom is 0.195 e. The molecule has 0 aromatic heterocycles. The Morgan fingerprint density at radius 1 is 1.10 bits per heavy atom. The van der Waals surface area contributed by atoms with E-state index in [1.165, 1.54) is 7.11 Å². The van der Waals surface area contributed by atoms with Crippen LogP contribution in [0.15, 0.2) is 42.5 Å². The van der Waals surface area contributed by atoms with Crippen LogP contribution in [0.3, 0.4) is 0 Å². The molecule has 1 aliphatic rings. The van der Waals surface area contributed by atoms with E-state index in [2.05, 4.69) is 6.07 Å². The van der Waals surface area contributed by atoms with Crippen LogP contribution in [0.2, 0.25) is 0 Å². The van der Waals surface area contributed by atoms with E-state index in [0.717, 1.165) is 0 Å². The first kappa shape index (κ1) is 13.8. The zero-order valence-electron chi connectivity index (χ0n) is 11.1. The highest BCUT2D eigenvalue weighted by molar-refractivity contribution is 5.48. The first-order valence-electron chi connectivity index (χ1n) is 6.19. The van der Waals surface area contributed by atoms with Crippen LogP contribution < -0.4 is 0 Å². The molecule has 0 bridgehead atoms. The average molecular weight is 263 g/mol. The SMILES string of the molecule is COC1C=CCC(C#N)(c2ccccc2)C1(C#N)C#N. The first-order valence-corrected chi connectivity index (χ1v) is 6.19. The molecule has 1 aliphatic carbocycles. The Morgan fingerprint density at radius 3 is 2.25 bits per heavy atom. The summed E-state index contributed by atoms with van der Waals surface area (Å²) in [6, 6.07) is 15.3. The van der Waals surface area contributed by atoms with Crippen molar-refractivity contribution < 1.29 is 4.74 Å². The number of hydrogen-bond acceptors (Lipinski definition) is 4. The van der Waals surface area contributed by atoms with Gasteiger partial charge in [0.15, 0.2) is 5.41 Å². The summed E-state index contributed by atoms with van der Waals surface area (Å²) in [6.45, 7) is 0. The topological polar surface area (TPSA) is 80.6 Å². The third-order valence-corrected chi connectivity index (χ3v) is 3.90. The van der Waals surface area contributed by atoms with Crippen LogP contribution >= 0.6 is 0 Å². The molecule has 4 heteroatoms. The molecule has 0 radical (unpaired) electrons. The van der Waals surface area contributed by atoms with Gasteiger partial charge in [-0.25, -0.2) is 0 Å². The molecule has 20 heavy (non-hydrogen) atoms. The van der Waals surface area contributed by atoms with Crippen LogP contribution in [-0.2, 0) is 10.2 Å². The molecule has 2 atom stereocenters. The van der Waals surface area contributed by atoms with Gasteiger partial charge >= 0.3 is 0 Å². The second-order valence-corrected chi connectivity index (χ2v) is 4.70. The van der Waals surface area contributed by atoms with Gasteiger partial charge in [-0.05, 0) is 12.0 Å². The molecule has 0 heterocycles. The van der Waals surface area contributed by atoms with E-state index in [1.807, 2.05) is 18.2 Å². The van der Waals surface area contributed by atoms with E-state index < -0.39 is 16.9 Å². The van der Waals surface area contributed by atoms with Crippen molar-refractivity contribution in [2.75, 3.05) is 7.11 Å². The molecule has 0 saturated carbocycles. The normalized spacial score (nSPS) is 27.0. The second kappa shape index (κ2) is 5.17. The Bertz CT molecular complexity index is 631. The standard InChI is InChI=1S/C16H13N3O/c1-20-14-8-5-9-15(10-17,16(14,11-18)12-19)13-6-3-2-4-7-13/h2-8,14H,9H2,1H3. The van der Waals surface area contributed by atoms with Gasteiger partial charge < -0.3 is 4.74 Å². The Morgan fingerprint density at radius 2 is 1.75 bits per heavy atom. The van der Waals surface area contributed by atoms with E-state index in [0.29, 0.717) is 12.0 Å². The Hall–Kier alpha value is -2.61. The fourth-order valence-corrected chi connectivity index (χ4v) is 2.78. The van der Waals surface area contributed by atoms with Gasteiger partial charge in [-0.2, -0.15) is 15.8 Å². The number of ether oxygens (including phenoxy) is 1. The monoisotopic (exact) mass is 263 g/mol. The van der Waals surface area contributed by atoms with E-state index in [4.69, 9.17) is 4.74 Å². The summed E-state index contributed by atoms with van der Waals surface area (Å²) in [5.41, 5.74) is -2.13. The zero-order valence-corrected chi connectivity index (χ0v) is 11.1. The lowest BCUT2D eigenvalue weighted by molar-refractivity contribution is 0.0446. The van der Waals surface area contributed by atoms with Crippen LogP contribution in [-0.4, -0.2) is 13.2 Å². The summed E-state index contributed by atoms with van der Waals surface area (Å²) < 4.78 is 5.28. The summed E-state index contributed by atoms with van der Waals surface area (Å²) >= 11 is 0. The van der Waals surface area contributed by atoms with Crippen LogP contribution in [0.25, 0.3) is 0 Å². The van der Waals surface area contributed by atoms with E-state index in [1.54, 1.807) is 36.4 Å². The second-order valence-electron chi connectivity index (χ2n) is 4.70. The maximum atomic E-state index is 9.76. The fourth-order valence-electron chi connectivity index (χ4n) is 2.78. The minimum absolute atomic E-state index is 0.314. The van der Waals surface area contributed by atoms with Gasteiger partial charge in [0.05, 0.1) is 18.2 Å². The number of nitrogens with zero attached hydrogens (tertiary/aromatic N) is 3. The highest BCUT2D eigenvalue weighted by atomic mass is 16.5. The highest BCUT2D eigenvalue weighted by Gasteiger charge is 2.60. The van der Waals surface area contributed by atoms with E-state index in [-0.39, 0.29) is 0 Å². The molecular weight excluding hydrogens is 250 g/mol. The minimum Gasteiger partial charge on any atom is -0.375 e. The van der Waals surface area contributed by atoms with Gasteiger partial charge in [0.2, 0.25) is 0 Å². The lowest BCUT2D eigenvalue weighted by Gasteiger charge is -2.42. The fraction of sp³-hybridized carbons (Fsp3) is 0.312. The van der Waals surface area contributed by atoms with Crippen molar-refractivity contribution in [3.8, 4) is 18.2 Å². The summed E-state index contributed by atoms with van der Waals surface area (Å²) in [5, 5.41) is 29.0. The third kappa shape index (κ3) is 1.62. The molecule has 0 aliphatic heterocycles. The van der Waals surface area contributed by atoms with Gasteiger partial charge in [-0.3, -0.25) is 0 Å². The number of rotatable bonds is 2. The number of benzene rings is 1. The molecule has 2 unspecified atom stereocenters. The molecule has 0 fully saturated rings. The van der Waals surface area contributed by atoms with Crippen molar-refractivity contribution in [2.45, 2.75) is 17.9 Å². The van der Waals surface area contributed by atoms with Crippen LogP contribution in [0.4, 0.5) is 0 Å². The summed E-state index contributed by atoms with van der Waals surface area (Å²) in [7, 11) is 1.44. The summed E-state index contributed by atoms with van der Waals surface area (Å²) in [6.07, 6.45) is 3.07. The third-order valence-electron chi connectivity index (χ3n) is 3.90. The van der Waals surface area contributed by atoms with Crippen LogP contribution in [0.1, 0.15) is 12.0 Å². The predicted octanol–water partition coefficient (Wildman–Crippen LogP) is 2.46. The van der Waals surface area contributed by atoms with Crippen LogP contribution in [0.5, 0.6) is 0 Å². The molecule has 98 valence electrons. The van der Waals surface area contributed by atoms with Gasteiger partial charge in [0.25, 0.3) is 0 Å². The number of methoxy groups -OCH3 is 1. The highest BCUT2D eigenvalue weighted by Crippen LogP contribution is 2.50. The molecular formula is C16H13N3O. The van der Waals surface area contributed by atoms with E-state index in [9.17, 15) is 15.8 Å². The zero-order chi connectivity index (χ0) is 14.6. The quantitative estimate of drug-likeness (QED) is 0.767. The Balaban J connectivity index is 2.76. The van der Waals surface area contributed by atoms with Gasteiger partial charge in [0.1, 0.15) is 11.5 Å². The van der Waals surface area contributed by atoms with Crippen molar-refractivity contribution in [1.29, 1.82) is 15.8 Å². The summed E-state index contributed by atoms with van der Waals surface area (Å²) in [4.78, 5) is 0. The largest absolute Gasteiger partial charge is 0.375 e. The van der Waals surface area contributed by atoms with Gasteiger partial charge in [-0.15, -0.1) is 0 Å². The van der Waals surface area contributed by atoms with Crippen molar-refractivity contribution in [2.24, 2.45) is 5.41 Å². The molecule has 1 aromatic carbocycles. The minimum atomic E-state index is -1.56. The van der Waals surface area contributed by atoms with Crippen molar-refractivity contribution in [3.05, 3.63) is 48.0 Å².